The van der Waals surface area contributed by atoms with E-state index in [0.29, 0.717) is 22.0 Å². The molecule has 4 rings (SSSR count). The van der Waals surface area contributed by atoms with Gasteiger partial charge < -0.3 is 14.9 Å². The van der Waals surface area contributed by atoms with E-state index < -0.39 is 23.2 Å². The van der Waals surface area contributed by atoms with Crippen molar-refractivity contribution >= 4 is 17.4 Å². The van der Waals surface area contributed by atoms with Crippen LogP contribution in [0.25, 0.3) is 16.9 Å². The molecule has 156 valence electrons. The van der Waals surface area contributed by atoms with Gasteiger partial charge in [0.25, 0.3) is 0 Å². The van der Waals surface area contributed by atoms with Crippen molar-refractivity contribution in [3.8, 4) is 34.3 Å². The zero-order chi connectivity index (χ0) is 22.1. The van der Waals surface area contributed by atoms with Gasteiger partial charge in [-0.2, -0.15) is 0 Å². The molecule has 7 heteroatoms. The lowest BCUT2D eigenvalue weighted by Gasteiger charge is -2.12. The van der Waals surface area contributed by atoms with E-state index in [0.717, 1.165) is 0 Å². The van der Waals surface area contributed by atoms with Crippen LogP contribution in [0, 0.1) is 5.82 Å². The van der Waals surface area contributed by atoms with E-state index in [1.54, 1.807) is 48.5 Å². The molecule has 2 N–H and O–H groups in total. The number of halogens is 2. The molecule has 0 saturated heterocycles. The number of ketones is 1. The molecular formula is C24H17ClFNO4. The lowest BCUT2D eigenvalue weighted by Crippen LogP contribution is -2.05. The smallest absolute Gasteiger partial charge is 0.240 e. The third kappa shape index (κ3) is 3.73. The topological polar surface area (TPSA) is 71.7 Å². The van der Waals surface area contributed by atoms with E-state index in [1.807, 2.05) is 0 Å². The van der Waals surface area contributed by atoms with E-state index in [9.17, 15) is 19.4 Å². The van der Waals surface area contributed by atoms with Gasteiger partial charge in [-0.3, -0.25) is 9.36 Å². The largest absolute Gasteiger partial charge is 0.503 e. The number of benzene rings is 3. The molecule has 1 heterocycles. The van der Waals surface area contributed by atoms with Gasteiger partial charge in [-0.25, -0.2) is 4.39 Å². The summed E-state index contributed by atoms with van der Waals surface area (Å²) in [5, 5.41) is 22.0. The highest BCUT2D eigenvalue weighted by atomic mass is 35.5. The summed E-state index contributed by atoms with van der Waals surface area (Å²) >= 11 is 5.98. The average molecular weight is 438 g/mol. The number of hydrogen-bond acceptors (Lipinski definition) is 4. The Hall–Kier alpha value is -3.77. The summed E-state index contributed by atoms with van der Waals surface area (Å²) in [6, 6.07) is 18.3. The Balaban J connectivity index is 1.97. The number of ether oxygens (including phenoxy) is 1. The fourth-order valence-corrected chi connectivity index (χ4v) is 3.50. The van der Waals surface area contributed by atoms with Crippen LogP contribution >= 0.6 is 11.6 Å². The second-order valence-electron chi connectivity index (χ2n) is 6.77. The van der Waals surface area contributed by atoms with Crippen LogP contribution in [-0.2, 0) is 0 Å². The molecule has 0 spiro atoms. The molecule has 0 bridgehead atoms. The Bertz CT molecular complexity index is 1250. The minimum Gasteiger partial charge on any atom is -0.503 e. The van der Waals surface area contributed by atoms with Gasteiger partial charge in [-0.1, -0.05) is 11.6 Å². The lowest BCUT2D eigenvalue weighted by atomic mass is 9.99. The highest BCUT2D eigenvalue weighted by molar-refractivity contribution is 6.30. The molecule has 0 amide bonds. The molecule has 0 fully saturated rings. The van der Waals surface area contributed by atoms with Crippen LogP contribution in [0.15, 0.2) is 72.8 Å². The van der Waals surface area contributed by atoms with Crippen LogP contribution in [0.3, 0.4) is 0 Å². The number of carbonyl (C=O) groups is 1. The van der Waals surface area contributed by atoms with Crippen molar-refractivity contribution in [1.29, 1.82) is 0 Å². The van der Waals surface area contributed by atoms with Gasteiger partial charge in [0, 0.05) is 16.3 Å². The maximum atomic E-state index is 13.6. The molecule has 31 heavy (non-hydrogen) atoms. The van der Waals surface area contributed by atoms with Crippen molar-refractivity contribution in [2.24, 2.45) is 0 Å². The highest BCUT2D eigenvalue weighted by Gasteiger charge is 2.29. The molecule has 5 nitrogen and oxygen atoms in total. The molecule has 0 atom stereocenters. The van der Waals surface area contributed by atoms with Crippen molar-refractivity contribution in [2.75, 3.05) is 7.11 Å². The summed E-state index contributed by atoms with van der Waals surface area (Å²) in [5.41, 5.74) is 1.30. The summed E-state index contributed by atoms with van der Waals surface area (Å²) in [4.78, 5) is 13.4. The molecule has 0 saturated carbocycles. The van der Waals surface area contributed by atoms with Crippen molar-refractivity contribution in [1.82, 2.24) is 4.57 Å². The minimum absolute atomic E-state index is 0.107. The first-order valence-electron chi connectivity index (χ1n) is 9.28. The van der Waals surface area contributed by atoms with Gasteiger partial charge in [-0.15, -0.1) is 0 Å². The fourth-order valence-electron chi connectivity index (χ4n) is 3.37. The minimum atomic E-state index is -0.574. The summed E-state index contributed by atoms with van der Waals surface area (Å²) in [6.45, 7) is 0. The lowest BCUT2D eigenvalue weighted by molar-refractivity contribution is 0.103. The van der Waals surface area contributed by atoms with Crippen LogP contribution in [0.4, 0.5) is 4.39 Å². The third-order valence-electron chi connectivity index (χ3n) is 4.90. The predicted molar refractivity (Wildman–Crippen MR) is 116 cm³/mol. The Kier molecular flexibility index (Phi) is 5.40. The highest BCUT2D eigenvalue weighted by Crippen LogP contribution is 2.44. The Morgan fingerprint density at radius 2 is 1.55 bits per heavy atom. The predicted octanol–water partition coefficient (Wildman–Crippen LogP) is 5.59. The molecule has 1 aromatic heterocycles. The number of aromatic nitrogens is 1. The number of nitrogens with zero attached hydrogens (tertiary/aromatic N) is 1. The number of rotatable bonds is 5. The molecule has 0 aliphatic rings. The summed E-state index contributed by atoms with van der Waals surface area (Å²) < 4.78 is 20.0. The van der Waals surface area contributed by atoms with Gasteiger partial charge in [-0.05, 0) is 78.4 Å². The fraction of sp³-hybridized carbons (Fsp3) is 0.0417. The van der Waals surface area contributed by atoms with E-state index in [1.165, 1.54) is 35.9 Å². The van der Waals surface area contributed by atoms with E-state index in [2.05, 4.69) is 0 Å². The molecule has 0 unspecified atom stereocenters. The Labute approximate surface area is 182 Å². The molecule has 0 radical (unpaired) electrons. The molecular weight excluding hydrogens is 421 g/mol. The first kappa shape index (κ1) is 20.5. The van der Waals surface area contributed by atoms with Crippen molar-refractivity contribution < 1.29 is 24.1 Å². The van der Waals surface area contributed by atoms with Crippen molar-refractivity contribution in [2.45, 2.75) is 0 Å². The quantitative estimate of drug-likeness (QED) is 0.399. The molecule has 4 aromatic rings. The number of methoxy groups -OCH3 is 1. The maximum absolute atomic E-state index is 13.6. The number of carbonyl (C=O) groups excluding carboxylic acids is 1. The second kappa shape index (κ2) is 8.16. The average Bonchev–Trinajstić information content (AvgIpc) is 3.05. The molecule has 0 aliphatic carbocycles. The van der Waals surface area contributed by atoms with Gasteiger partial charge in [0.05, 0.1) is 18.4 Å². The van der Waals surface area contributed by atoms with Crippen LogP contribution in [-0.4, -0.2) is 27.7 Å². The number of aromatic hydroxyl groups is 2. The zero-order valence-electron chi connectivity index (χ0n) is 16.3. The normalized spacial score (nSPS) is 10.8. The summed E-state index contributed by atoms with van der Waals surface area (Å²) in [7, 11) is 1.51. The van der Waals surface area contributed by atoms with E-state index >= 15 is 0 Å². The van der Waals surface area contributed by atoms with Gasteiger partial charge >= 0.3 is 0 Å². The van der Waals surface area contributed by atoms with Crippen LogP contribution in [0.5, 0.6) is 17.4 Å². The van der Waals surface area contributed by atoms with Crippen LogP contribution < -0.4 is 4.74 Å². The summed E-state index contributed by atoms with van der Waals surface area (Å²) in [5.74, 6) is -1.48. The second-order valence-corrected chi connectivity index (χ2v) is 7.21. The summed E-state index contributed by atoms with van der Waals surface area (Å²) in [6.07, 6.45) is 0. The standard InChI is InChI=1S/C24H17ClFNO4/c1-31-19-12-4-15(5-13-19)22(28)20-21(14-2-8-17(26)9-3-14)27(24(30)23(20)29)18-10-6-16(25)7-11-18/h2-13,29-30H,1H3. The van der Waals surface area contributed by atoms with Crippen molar-refractivity contribution in [3.05, 3.63) is 94.8 Å². The number of hydrogen-bond donors (Lipinski definition) is 2. The first-order valence-corrected chi connectivity index (χ1v) is 9.65. The zero-order valence-corrected chi connectivity index (χ0v) is 17.1. The Morgan fingerprint density at radius 3 is 2.13 bits per heavy atom. The SMILES string of the molecule is COc1ccc(C(=O)c2c(O)c(O)n(-c3ccc(Cl)cc3)c2-c2ccc(F)cc2)cc1. The van der Waals surface area contributed by atoms with E-state index in [4.69, 9.17) is 16.3 Å². The third-order valence-corrected chi connectivity index (χ3v) is 5.15. The first-order chi connectivity index (χ1) is 14.9. The van der Waals surface area contributed by atoms with E-state index in [-0.39, 0.29) is 16.8 Å². The van der Waals surface area contributed by atoms with Crippen LogP contribution in [0.1, 0.15) is 15.9 Å². The van der Waals surface area contributed by atoms with Gasteiger partial charge in [0.15, 0.2) is 11.5 Å². The monoisotopic (exact) mass is 437 g/mol. The molecule has 0 aliphatic heterocycles. The molecule has 3 aromatic carbocycles. The maximum Gasteiger partial charge on any atom is 0.240 e. The van der Waals surface area contributed by atoms with Crippen LogP contribution in [0.2, 0.25) is 5.02 Å². The Morgan fingerprint density at radius 1 is 0.935 bits per heavy atom. The van der Waals surface area contributed by atoms with Crippen molar-refractivity contribution in [3.63, 3.8) is 0 Å². The van der Waals surface area contributed by atoms with Gasteiger partial charge in [0.2, 0.25) is 5.88 Å². The van der Waals surface area contributed by atoms with Gasteiger partial charge in [0.1, 0.15) is 11.6 Å².